The predicted molar refractivity (Wildman–Crippen MR) is 44.8 cm³/mol. The van der Waals surface area contributed by atoms with Crippen molar-refractivity contribution in [1.29, 1.82) is 0 Å². The molecule has 0 aliphatic carbocycles. The van der Waals surface area contributed by atoms with Gasteiger partial charge in [0.1, 0.15) is 6.26 Å². The fourth-order valence-electron chi connectivity index (χ4n) is 1.17. The summed E-state index contributed by atoms with van der Waals surface area (Å²) in [5.74, 6) is -0.957. The van der Waals surface area contributed by atoms with Gasteiger partial charge in [0.15, 0.2) is 5.69 Å². The van der Waals surface area contributed by atoms with Crippen molar-refractivity contribution in [2.75, 3.05) is 18.0 Å². The molecule has 0 saturated carbocycles. The molecular weight excluding hydrogens is 190 g/mol. The van der Waals surface area contributed by atoms with Crippen LogP contribution in [0.4, 0.5) is 6.01 Å². The summed E-state index contributed by atoms with van der Waals surface area (Å²) in [6.07, 6.45) is 0.689. The number of hydrogen-bond acceptors (Lipinski definition) is 6. The van der Waals surface area contributed by atoms with Crippen LogP contribution < -0.4 is 4.90 Å². The summed E-state index contributed by atoms with van der Waals surface area (Å²) < 4.78 is 4.92. The summed E-state index contributed by atoms with van der Waals surface area (Å²) in [5.41, 5.74) is -0.114. The van der Waals surface area contributed by atoms with Gasteiger partial charge in [-0.15, -0.1) is 4.91 Å². The van der Waals surface area contributed by atoms with Gasteiger partial charge in [-0.05, 0) is 0 Å². The average molecular weight is 197 g/mol. The Morgan fingerprint density at radius 1 is 1.71 bits per heavy atom. The molecule has 1 aliphatic rings. The number of carbonyl (C=O) groups excluding carboxylic acids is 1. The molecule has 74 valence electrons. The summed E-state index contributed by atoms with van der Waals surface area (Å²) in [6.45, 7) is 0.839. The lowest BCUT2D eigenvalue weighted by Crippen LogP contribution is -2.51. The molecule has 7 heteroatoms. The van der Waals surface area contributed by atoms with Crippen molar-refractivity contribution >= 4 is 11.9 Å². The van der Waals surface area contributed by atoms with E-state index >= 15 is 0 Å². The maximum absolute atomic E-state index is 10.8. The average Bonchev–Trinajstić information content (AvgIpc) is 2.60. The Bertz CT molecular complexity index is 369. The molecule has 0 radical (unpaired) electrons. The predicted octanol–water partition coefficient (Wildman–Crippen LogP) is -0.238. The van der Waals surface area contributed by atoms with Crippen LogP contribution in [0.3, 0.4) is 0 Å². The smallest absolute Gasteiger partial charge is 0.338 e. The van der Waals surface area contributed by atoms with Crippen LogP contribution in [-0.4, -0.2) is 35.2 Å². The highest BCUT2D eigenvalue weighted by atomic mass is 16.4. The van der Waals surface area contributed by atoms with Gasteiger partial charge in [0.2, 0.25) is 0 Å². The standard InChI is InChI=1S/C7H7N3O4/c11-4-1-10(2-4)7-8-5(3-14-7)6(12)9-13/h3-4,11H,1-2H2. The molecule has 0 spiro atoms. The van der Waals surface area contributed by atoms with Gasteiger partial charge in [-0.1, -0.05) is 0 Å². The number of anilines is 1. The maximum atomic E-state index is 10.8. The van der Waals surface area contributed by atoms with E-state index in [4.69, 9.17) is 9.52 Å². The molecule has 2 heterocycles. The van der Waals surface area contributed by atoms with Gasteiger partial charge in [-0.2, -0.15) is 4.98 Å². The summed E-state index contributed by atoms with van der Waals surface area (Å²) in [5, 5.41) is 11.2. The number of carbonyl (C=O) groups is 1. The van der Waals surface area contributed by atoms with Gasteiger partial charge in [0.25, 0.3) is 6.01 Å². The summed E-state index contributed by atoms with van der Waals surface area (Å²) in [6, 6.07) is 0.224. The first kappa shape index (κ1) is 8.82. The zero-order valence-electron chi connectivity index (χ0n) is 7.08. The first-order valence-corrected chi connectivity index (χ1v) is 3.97. The first-order chi connectivity index (χ1) is 6.70. The highest BCUT2D eigenvalue weighted by Crippen LogP contribution is 2.19. The molecule has 1 aliphatic heterocycles. The topological polar surface area (TPSA) is 96.0 Å². The SMILES string of the molecule is O=NC(=O)c1coc(N2CC(O)C2)n1. The molecule has 1 fully saturated rings. The van der Waals surface area contributed by atoms with Gasteiger partial charge in [-0.3, -0.25) is 4.79 Å². The number of aliphatic hydroxyl groups excluding tert-OH is 1. The molecule has 1 N–H and O–H groups in total. The molecule has 0 bridgehead atoms. The summed E-state index contributed by atoms with van der Waals surface area (Å²) >= 11 is 0. The van der Waals surface area contributed by atoms with Gasteiger partial charge in [-0.25, -0.2) is 0 Å². The number of nitroso groups, excluding NO2 is 1. The molecule has 0 aromatic carbocycles. The Morgan fingerprint density at radius 2 is 2.43 bits per heavy atom. The lowest BCUT2D eigenvalue weighted by molar-refractivity contribution is 0.0996. The van der Waals surface area contributed by atoms with E-state index in [1.807, 2.05) is 0 Å². The number of aromatic nitrogens is 1. The molecule has 1 saturated heterocycles. The lowest BCUT2D eigenvalue weighted by atomic mass is 10.2. The Morgan fingerprint density at radius 3 is 3.00 bits per heavy atom. The Labute approximate surface area is 78.3 Å². The van der Waals surface area contributed by atoms with Crippen LogP contribution in [-0.2, 0) is 0 Å². The second-order valence-corrected chi connectivity index (χ2v) is 2.97. The van der Waals surface area contributed by atoms with Crippen molar-refractivity contribution in [2.45, 2.75) is 6.10 Å². The zero-order valence-corrected chi connectivity index (χ0v) is 7.08. The third-order valence-electron chi connectivity index (χ3n) is 1.93. The monoisotopic (exact) mass is 197 g/mol. The Kier molecular flexibility index (Phi) is 2.01. The number of aliphatic hydroxyl groups is 1. The first-order valence-electron chi connectivity index (χ1n) is 3.97. The number of β-amino-alcohol motifs (C(OH)–C–C–N with tert-alkyl or cyclic N) is 1. The van der Waals surface area contributed by atoms with Crippen LogP contribution in [0, 0.1) is 4.91 Å². The minimum atomic E-state index is -0.957. The summed E-state index contributed by atoms with van der Waals surface area (Å²) in [4.78, 5) is 26.0. The number of nitrogens with zero attached hydrogens (tertiary/aromatic N) is 3. The van der Waals surface area contributed by atoms with Crippen molar-refractivity contribution in [3.05, 3.63) is 16.9 Å². The number of rotatable bonds is 2. The third kappa shape index (κ3) is 1.37. The van der Waals surface area contributed by atoms with Crippen molar-refractivity contribution in [2.24, 2.45) is 5.18 Å². The quantitative estimate of drug-likeness (QED) is 0.657. The van der Waals surface area contributed by atoms with Crippen LogP contribution in [0.25, 0.3) is 0 Å². The van der Waals surface area contributed by atoms with E-state index in [-0.39, 0.29) is 17.8 Å². The van der Waals surface area contributed by atoms with Gasteiger partial charge in [0.05, 0.1) is 19.2 Å². The molecule has 1 amide bonds. The van der Waals surface area contributed by atoms with Gasteiger partial charge >= 0.3 is 5.91 Å². The second kappa shape index (κ2) is 3.18. The summed E-state index contributed by atoms with van der Waals surface area (Å²) in [7, 11) is 0. The van der Waals surface area contributed by atoms with Crippen LogP contribution in [0.15, 0.2) is 15.9 Å². The van der Waals surface area contributed by atoms with E-state index < -0.39 is 5.91 Å². The van der Waals surface area contributed by atoms with E-state index in [1.165, 1.54) is 0 Å². The van der Waals surface area contributed by atoms with Crippen LogP contribution >= 0.6 is 0 Å². The van der Waals surface area contributed by atoms with Crippen molar-refractivity contribution in [1.82, 2.24) is 4.98 Å². The van der Waals surface area contributed by atoms with Crippen LogP contribution in [0.2, 0.25) is 0 Å². The van der Waals surface area contributed by atoms with Crippen molar-refractivity contribution in [3.8, 4) is 0 Å². The molecule has 1 aromatic heterocycles. The molecule has 2 rings (SSSR count). The van der Waals surface area contributed by atoms with Crippen molar-refractivity contribution in [3.63, 3.8) is 0 Å². The van der Waals surface area contributed by atoms with Crippen LogP contribution in [0.5, 0.6) is 0 Å². The maximum Gasteiger partial charge on any atom is 0.338 e. The van der Waals surface area contributed by atoms with E-state index in [2.05, 4.69) is 10.2 Å². The molecule has 0 atom stereocenters. The van der Waals surface area contributed by atoms with E-state index in [0.717, 1.165) is 6.26 Å². The molecular formula is C7H7N3O4. The Balaban J connectivity index is 2.10. The molecule has 7 nitrogen and oxygen atoms in total. The minimum Gasteiger partial charge on any atom is -0.431 e. The minimum absolute atomic E-state index is 0.114. The van der Waals surface area contributed by atoms with E-state index in [0.29, 0.717) is 13.1 Å². The van der Waals surface area contributed by atoms with Gasteiger partial charge < -0.3 is 14.4 Å². The van der Waals surface area contributed by atoms with E-state index in [9.17, 15) is 9.70 Å². The van der Waals surface area contributed by atoms with Gasteiger partial charge in [0, 0.05) is 5.18 Å². The Hall–Kier alpha value is -1.76. The van der Waals surface area contributed by atoms with E-state index in [1.54, 1.807) is 4.90 Å². The third-order valence-corrected chi connectivity index (χ3v) is 1.93. The fourth-order valence-corrected chi connectivity index (χ4v) is 1.17. The molecule has 1 aromatic rings. The normalized spacial score (nSPS) is 16.5. The number of hydrogen-bond donors (Lipinski definition) is 1. The zero-order chi connectivity index (χ0) is 10.1. The fraction of sp³-hybridized carbons (Fsp3) is 0.429. The lowest BCUT2D eigenvalue weighted by Gasteiger charge is -2.34. The molecule has 14 heavy (non-hydrogen) atoms. The van der Waals surface area contributed by atoms with Crippen LogP contribution in [0.1, 0.15) is 10.5 Å². The second-order valence-electron chi connectivity index (χ2n) is 2.97. The number of amides is 1. The highest BCUT2D eigenvalue weighted by molar-refractivity contribution is 5.92. The molecule has 0 unspecified atom stereocenters. The highest BCUT2D eigenvalue weighted by Gasteiger charge is 2.28. The largest absolute Gasteiger partial charge is 0.431 e. The number of oxazole rings is 1. The van der Waals surface area contributed by atoms with Crippen molar-refractivity contribution < 1.29 is 14.3 Å².